The number of hydrogen-bond donors (Lipinski definition) is 0. The largest absolute Gasteiger partial charge is 0.207 e. The van der Waals surface area contributed by atoms with Crippen LogP contribution in [-0.4, -0.2) is 0 Å². The lowest BCUT2D eigenvalue weighted by atomic mass is 10.1. The van der Waals surface area contributed by atoms with Gasteiger partial charge in [-0.2, -0.15) is 5.26 Å². The topological polar surface area (TPSA) is 23.8 Å². The molecule has 0 radical (unpaired) electrons. The number of nitrogens with zero attached hydrogens (tertiary/aromatic N) is 1. The molecule has 0 aliphatic rings. The van der Waals surface area contributed by atoms with Crippen LogP contribution in [0.5, 0.6) is 0 Å². The van der Waals surface area contributed by atoms with Crippen molar-refractivity contribution in [3.8, 4) is 6.07 Å². The highest BCUT2D eigenvalue weighted by molar-refractivity contribution is 5.52. The summed E-state index contributed by atoms with van der Waals surface area (Å²) in [5.41, 5.74) is 1.32. The van der Waals surface area contributed by atoms with Gasteiger partial charge in [-0.3, -0.25) is 0 Å². The molecule has 0 aromatic heterocycles. The highest BCUT2D eigenvalue weighted by Crippen LogP contribution is 2.09. The highest BCUT2D eigenvalue weighted by atomic mass is 19.1. The molecule has 1 rings (SSSR count). The molecule has 0 fully saturated rings. The summed E-state index contributed by atoms with van der Waals surface area (Å²) in [5.74, 6) is -0.241. The molecule has 0 amide bonds. The van der Waals surface area contributed by atoms with Gasteiger partial charge in [0.05, 0.1) is 6.07 Å². The van der Waals surface area contributed by atoms with Crippen molar-refractivity contribution >= 4 is 6.08 Å². The van der Waals surface area contributed by atoms with Gasteiger partial charge in [0.15, 0.2) is 0 Å². The Balaban J connectivity index is 2.99. The Kier molecular flexibility index (Phi) is 2.60. The van der Waals surface area contributed by atoms with E-state index in [9.17, 15) is 4.39 Å². The Morgan fingerprint density at radius 1 is 1.50 bits per heavy atom. The van der Waals surface area contributed by atoms with Gasteiger partial charge in [0, 0.05) is 6.08 Å². The van der Waals surface area contributed by atoms with Gasteiger partial charge in [0.25, 0.3) is 0 Å². The van der Waals surface area contributed by atoms with E-state index in [0.29, 0.717) is 11.1 Å². The fourth-order valence-electron chi connectivity index (χ4n) is 0.846. The number of allylic oxidation sites excluding steroid dienone is 1. The van der Waals surface area contributed by atoms with Crippen LogP contribution < -0.4 is 0 Å². The maximum atomic E-state index is 12.9. The fourth-order valence-corrected chi connectivity index (χ4v) is 0.846. The van der Waals surface area contributed by atoms with Gasteiger partial charge in [-0.05, 0) is 30.2 Å². The Bertz CT molecular complexity index is 347. The van der Waals surface area contributed by atoms with Crippen LogP contribution in [0.25, 0.3) is 6.08 Å². The maximum Gasteiger partial charge on any atom is 0.126 e. The third kappa shape index (κ3) is 1.93. The molecule has 0 aliphatic carbocycles. The van der Waals surface area contributed by atoms with Gasteiger partial charge in [-0.25, -0.2) is 4.39 Å². The summed E-state index contributed by atoms with van der Waals surface area (Å²) in [7, 11) is 0. The standard InChI is InChI=1S/C10H8FN/c1-8-4-5-9(3-2-6-12)7-10(8)11/h2-5,7H,1H3. The minimum absolute atomic E-state index is 0.241. The second-order valence-corrected chi connectivity index (χ2v) is 2.47. The molecule has 2 heteroatoms. The van der Waals surface area contributed by atoms with E-state index in [2.05, 4.69) is 0 Å². The number of rotatable bonds is 1. The number of aryl methyl sites for hydroxylation is 1. The first-order valence-corrected chi connectivity index (χ1v) is 3.56. The third-order valence-electron chi connectivity index (χ3n) is 1.55. The monoisotopic (exact) mass is 161 g/mol. The predicted molar refractivity (Wildman–Crippen MR) is 45.8 cm³/mol. The maximum absolute atomic E-state index is 12.9. The van der Waals surface area contributed by atoms with Crippen molar-refractivity contribution in [3.05, 3.63) is 41.2 Å². The van der Waals surface area contributed by atoms with Crippen molar-refractivity contribution in [2.45, 2.75) is 6.92 Å². The summed E-state index contributed by atoms with van der Waals surface area (Å²) in [6.07, 6.45) is 2.90. The second-order valence-electron chi connectivity index (χ2n) is 2.47. The molecule has 0 N–H and O–H groups in total. The lowest BCUT2D eigenvalue weighted by molar-refractivity contribution is 0.618. The Labute approximate surface area is 70.8 Å². The molecule has 0 heterocycles. The Morgan fingerprint density at radius 2 is 2.25 bits per heavy atom. The van der Waals surface area contributed by atoms with Crippen molar-refractivity contribution < 1.29 is 4.39 Å². The number of benzene rings is 1. The summed E-state index contributed by atoms with van der Waals surface area (Å²) >= 11 is 0. The van der Waals surface area contributed by atoms with Gasteiger partial charge in [-0.1, -0.05) is 12.1 Å². The van der Waals surface area contributed by atoms with Crippen molar-refractivity contribution in [1.29, 1.82) is 5.26 Å². The quantitative estimate of drug-likeness (QED) is 0.581. The third-order valence-corrected chi connectivity index (χ3v) is 1.55. The van der Waals surface area contributed by atoms with Crippen molar-refractivity contribution in [2.24, 2.45) is 0 Å². The molecular formula is C10H8FN. The van der Waals surface area contributed by atoms with Crippen LogP contribution >= 0.6 is 0 Å². The lowest BCUT2D eigenvalue weighted by Crippen LogP contribution is -1.81. The van der Waals surface area contributed by atoms with E-state index in [1.165, 1.54) is 12.1 Å². The molecule has 0 bridgehead atoms. The van der Waals surface area contributed by atoms with Crippen molar-refractivity contribution in [1.82, 2.24) is 0 Å². The van der Waals surface area contributed by atoms with E-state index < -0.39 is 0 Å². The summed E-state index contributed by atoms with van der Waals surface area (Å²) in [4.78, 5) is 0. The number of hydrogen-bond acceptors (Lipinski definition) is 1. The molecule has 0 saturated carbocycles. The molecule has 0 unspecified atom stereocenters. The summed E-state index contributed by atoms with van der Waals surface area (Å²) < 4.78 is 12.9. The highest BCUT2D eigenvalue weighted by Gasteiger charge is 1.95. The molecule has 0 saturated heterocycles. The second kappa shape index (κ2) is 3.68. The molecule has 0 spiro atoms. The molecule has 1 aromatic carbocycles. The average Bonchev–Trinajstić information content (AvgIpc) is 2.07. The molecule has 0 aliphatic heterocycles. The zero-order valence-electron chi connectivity index (χ0n) is 6.71. The predicted octanol–water partition coefficient (Wildman–Crippen LogP) is 2.67. The van der Waals surface area contributed by atoms with E-state index >= 15 is 0 Å². The molecular weight excluding hydrogens is 153 g/mol. The zero-order valence-corrected chi connectivity index (χ0v) is 6.71. The molecule has 60 valence electrons. The fraction of sp³-hybridized carbons (Fsp3) is 0.100. The number of halogens is 1. The Hall–Kier alpha value is -1.62. The van der Waals surface area contributed by atoms with E-state index in [0.717, 1.165) is 0 Å². The van der Waals surface area contributed by atoms with Crippen LogP contribution in [0.4, 0.5) is 4.39 Å². The van der Waals surface area contributed by atoms with E-state index in [-0.39, 0.29) is 5.82 Å². The van der Waals surface area contributed by atoms with Crippen molar-refractivity contribution in [3.63, 3.8) is 0 Å². The van der Waals surface area contributed by atoms with Crippen LogP contribution in [0.15, 0.2) is 24.3 Å². The van der Waals surface area contributed by atoms with E-state index in [1.807, 2.05) is 6.07 Å². The molecule has 0 atom stereocenters. The Morgan fingerprint density at radius 3 is 2.83 bits per heavy atom. The van der Waals surface area contributed by atoms with Gasteiger partial charge in [0.2, 0.25) is 0 Å². The lowest BCUT2D eigenvalue weighted by Gasteiger charge is -1.96. The SMILES string of the molecule is Cc1ccc(C=CC#N)cc1F. The average molecular weight is 161 g/mol. The van der Waals surface area contributed by atoms with E-state index in [1.54, 1.807) is 25.1 Å². The first kappa shape index (κ1) is 8.48. The zero-order chi connectivity index (χ0) is 8.97. The first-order chi connectivity index (χ1) is 5.74. The van der Waals surface area contributed by atoms with Crippen LogP contribution in [0.1, 0.15) is 11.1 Å². The van der Waals surface area contributed by atoms with Gasteiger partial charge >= 0.3 is 0 Å². The van der Waals surface area contributed by atoms with Crippen molar-refractivity contribution in [2.75, 3.05) is 0 Å². The summed E-state index contributed by atoms with van der Waals surface area (Å²) in [6, 6.07) is 6.71. The van der Waals surface area contributed by atoms with Crippen LogP contribution in [-0.2, 0) is 0 Å². The van der Waals surface area contributed by atoms with Crippen LogP contribution in [0, 0.1) is 24.1 Å². The van der Waals surface area contributed by atoms with E-state index in [4.69, 9.17) is 5.26 Å². The minimum Gasteiger partial charge on any atom is -0.207 e. The normalized spacial score (nSPS) is 10.1. The van der Waals surface area contributed by atoms with Crippen LogP contribution in [0.2, 0.25) is 0 Å². The summed E-state index contributed by atoms with van der Waals surface area (Å²) in [6.45, 7) is 1.70. The van der Waals surface area contributed by atoms with Gasteiger partial charge < -0.3 is 0 Å². The minimum atomic E-state index is -0.241. The molecule has 12 heavy (non-hydrogen) atoms. The first-order valence-electron chi connectivity index (χ1n) is 3.56. The smallest absolute Gasteiger partial charge is 0.126 e. The number of nitriles is 1. The van der Waals surface area contributed by atoms with Gasteiger partial charge in [-0.15, -0.1) is 0 Å². The molecule has 1 aromatic rings. The molecule has 1 nitrogen and oxygen atoms in total. The van der Waals surface area contributed by atoms with Gasteiger partial charge in [0.1, 0.15) is 5.82 Å². The summed E-state index contributed by atoms with van der Waals surface area (Å²) in [5, 5.41) is 8.22. The van der Waals surface area contributed by atoms with Crippen LogP contribution in [0.3, 0.4) is 0 Å².